The maximum atomic E-state index is 14.0. The Kier molecular flexibility index (Phi) is 7.47. The topological polar surface area (TPSA) is 79.4 Å². The Morgan fingerprint density at radius 1 is 1.11 bits per heavy atom. The number of ether oxygens (including phenoxy) is 1. The number of nitrogens with one attached hydrogen (secondary N) is 1. The molecule has 0 atom stereocenters. The molecular formula is C28H22ClFN4O2. The molecule has 0 spiro atoms. The fraction of sp³-hybridized carbons (Fsp3) is 0.107. The fourth-order valence-electron chi connectivity index (χ4n) is 3.74. The first-order valence-electron chi connectivity index (χ1n) is 11.1. The van der Waals surface area contributed by atoms with Gasteiger partial charge in [0.2, 0.25) is 0 Å². The van der Waals surface area contributed by atoms with E-state index < -0.39 is 11.7 Å². The van der Waals surface area contributed by atoms with Gasteiger partial charge in [-0.15, -0.1) is 0 Å². The monoisotopic (exact) mass is 500 g/mol. The molecule has 0 aliphatic carbocycles. The van der Waals surface area contributed by atoms with Crippen LogP contribution in [0.25, 0.3) is 5.69 Å². The summed E-state index contributed by atoms with van der Waals surface area (Å²) in [5.74, 6) is -0.729. The molecule has 0 saturated heterocycles. The first-order chi connectivity index (χ1) is 17.4. The van der Waals surface area contributed by atoms with Gasteiger partial charge in [-0.05, 0) is 80.1 Å². The first kappa shape index (κ1) is 24.7. The number of benzene rings is 3. The highest BCUT2D eigenvalue weighted by Crippen LogP contribution is 2.23. The van der Waals surface area contributed by atoms with Crippen molar-refractivity contribution >= 4 is 23.7 Å². The van der Waals surface area contributed by atoms with Gasteiger partial charge in [0, 0.05) is 27.7 Å². The Morgan fingerprint density at radius 3 is 2.50 bits per heavy atom. The van der Waals surface area contributed by atoms with Crippen molar-refractivity contribution in [3.8, 4) is 17.5 Å². The first-order valence-corrected chi connectivity index (χ1v) is 11.4. The number of aromatic nitrogens is 1. The normalized spacial score (nSPS) is 10.9. The second-order valence-corrected chi connectivity index (χ2v) is 8.51. The number of carbonyl (C=O) groups excluding carboxylic acids is 1. The lowest BCUT2D eigenvalue weighted by Crippen LogP contribution is -2.19. The smallest absolute Gasteiger partial charge is 0.274 e. The minimum absolute atomic E-state index is 0.140. The van der Waals surface area contributed by atoms with Gasteiger partial charge in [0.25, 0.3) is 5.91 Å². The van der Waals surface area contributed by atoms with Crippen LogP contribution in [0, 0.1) is 31.0 Å². The van der Waals surface area contributed by atoms with Gasteiger partial charge in [-0.3, -0.25) is 4.79 Å². The van der Waals surface area contributed by atoms with Crippen LogP contribution in [0.5, 0.6) is 5.75 Å². The van der Waals surface area contributed by atoms with Crippen LogP contribution < -0.4 is 10.2 Å². The zero-order valence-electron chi connectivity index (χ0n) is 19.6. The molecule has 1 aromatic heterocycles. The average molecular weight is 501 g/mol. The van der Waals surface area contributed by atoms with Gasteiger partial charge in [-0.25, -0.2) is 9.82 Å². The standard InChI is InChI=1S/C28H22ClFN4O2/c1-18-13-22(16-32-33-28(35)26-12-5-21(15-31)14-27(26)30)19(2)34(18)24-8-10-25(11-9-24)36-17-20-3-6-23(29)7-4-20/h3-14,16H,17H2,1-2H3,(H,33,35)/b32-16-. The highest BCUT2D eigenvalue weighted by molar-refractivity contribution is 6.30. The maximum Gasteiger partial charge on any atom is 0.274 e. The van der Waals surface area contributed by atoms with Gasteiger partial charge in [0.05, 0.1) is 23.4 Å². The van der Waals surface area contributed by atoms with Crippen LogP contribution in [-0.2, 0) is 6.61 Å². The number of halogens is 2. The molecule has 0 aliphatic heterocycles. The minimum atomic E-state index is -0.777. The third kappa shape index (κ3) is 5.62. The van der Waals surface area contributed by atoms with Gasteiger partial charge in [-0.2, -0.15) is 10.4 Å². The lowest BCUT2D eigenvalue weighted by molar-refractivity contribution is 0.0951. The molecule has 8 heteroatoms. The second kappa shape index (κ2) is 10.9. The van der Waals surface area contributed by atoms with E-state index >= 15 is 0 Å². The summed E-state index contributed by atoms with van der Waals surface area (Å²) in [5.41, 5.74) is 6.97. The van der Waals surface area contributed by atoms with Crippen molar-refractivity contribution in [2.75, 3.05) is 0 Å². The van der Waals surface area contributed by atoms with E-state index in [0.29, 0.717) is 11.6 Å². The van der Waals surface area contributed by atoms with Crippen molar-refractivity contribution in [1.29, 1.82) is 5.26 Å². The molecule has 0 radical (unpaired) electrons. The molecular weight excluding hydrogens is 479 g/mol. The molecule has 4 rings (SSSR count). The van der Waals surface area contributed by atoms with E-state index in [2.05, 4.69) is 15.1 Å². The van der Waals surface area contributed by atoms with E-state index in [1.807, 2.05) is 74.5 Å². The summed E-state index contributed by atoms with van der Waals surface area (Å²) in [7, 11) is 0. The predicted octanol–water partition coefficient (Wildman–Crippen LogP) is 6.10. The van der Waals surface area contributed by atoms with Gasteiger partial charge < -0.3 is 9.30 Å². The number of rotatable bonds is 7. The largest absolute Gasteiger partial charge is 0.489 e. The van der Waals surface area contributed by atoms with Crippen LogP contribution in [0.1, 0.15) is 38.4 Å². The van der Waals surface area contributed by atoms with Crippen LogP contribution >= 0.6 is 11.6 Å². The van der Waals surface area contributed by atoms with Gasteiger partial charge in [0.15, 0.2) is 0 Å². The second-order valence-electron chi connectivity index (χ2n) is 8.08. The van der Waals surface area contributed by atoms with E-state index in [1.54, 1.807) is 0 Å². The van der Waals surface area contributed by atoms with Crippen LogP contribution in [0.3, 0.4) is 0 Å². The fourth-order valence-corrected chi connectivity index (χ4v) is 3.87. The SMILES string of the molecule is Cc1cc(/C=N\NC(=O)c2ccc(C#N)cc2F)c(C)n1-c1ccc(OCc2ccc(Cl)cc2)cc1. The summed E-state index contributed by atoms with van der Waals surface area (Å²) >= 11 is 5.92. The minimum Gasteiger partial charge on any atom is -0.489 e. The third-order valence-electron chi connectivity index (χ3n) is 5.60. The van der Waals surface area contributed by atoms with Crippen molar-refractivity contribution in [3.05, 3.63) is 117 Å². The number of hydrogen-bond acceptors (Lipinski definition) is 4. The Balaban J connectivity index is 1.43. The summed E-state index contributed by atoms with van der Waals surface area (Å²) in [4.78, 5) is 12.3. The molecule has 6 nitrogen and oxygen atoms in total. The number of carbonyl (C=O) groups is 1. The lowest BCUT2D eigenvalue weighted by Gasteiger charge is -2.11. The molecule has 1 N–H and O–H groups in total. The molecule has 0 fully saturated rings. The molecule has 0 saturated carbocycles. The number of nitriles is 1. The van der Waals surface area contributed by atoms with E-state index in [9.17, 15) is 9.18 Å². The Hall–Kier alpha value is -4.41. The molecule has 4 aromatic rings. The van der Waals surface area contributed by atoms with Crippen LogP contribution in [-0.4, -0.2) is 16.7 Å². The summed E-state index contributed by atoms with van der Waals surface area (Å²) in [5, 5.41) is 13.5. The van der Waals surface area contributed by atoms with E-state index in [-0.39, 0.29) is 11.1 Å². The van der Waals surface area contributed by atoms with Gasteiger partial charge >= 0.3 is 0 Å². The molecule has 1 amide bonds. The van der Waals surface area contributed by atoms with Crippen LogP contribution in [0.2, 0.25) is 5.02 Å². The lowest BCUT2D eigenvalue weighted by atomic mass is 10.1. The maximum absolute atomic E-state index is 14.0. The van der Waals surface area contributed by atoms with Gasteiger partial charge in [-0.1, -0.05) is 23.7 Å². The van der Waals surface area contributed by atoms with Crippen molar-refractivity contribution in [2.24, 2.45) is 5.10 Å². The predicted molar refractivity (Wildman–Crippen MR) is 137 cm³/mol. The number of amides is 1. The molecule has 3 aromatic carbocycles. The molecule has 0 bridgehead atoms. The average Bonchev–Trinajstić information content (AvgIpc) is 3.16. The van der Waals surface area contributed by atoms with Crippen molar-refractivity contribution < 1.29 is 13.9 Å². The highest BCUT2D eigenvalue weighted by atomic mass is 35.5. The molecule has 1 heterocycles. The van der Waals surface area contributed by atoms with Crippen LogP contribution in [0.15, 0.2) is 77.9 Å². The van der Waals surface area contributed by atoms with E-state index in [4.69, 9.17) is 21.6 Å². The summed E-state index contributed by atoms with van der Waals surface area (Å²) < 4.78 is 22.0. The highest BCUT2D eigenvalue weighted by Gasteiger charge is 2.13. The zero-order valence-corrected chi connectivity index (χ0v) is 20.4. The number of nitrogens with zero attached hydrogens (tertiary/aromatic N) is 3. The molecule has 0 aliphatic rings. The number of hydrogen-bond donors (Lipinski definition) is 1. The number of aryl methyl sites for hydroxylation is 1. The summed E-state index contributed by atoms with van der Waals surface area (Å²) in [6.07, 6.45) is 1.52. The quantitative estimate of drug-likeness (QED) is 0.246. The van der Waals surface area contributed by atoms with Crippen molar-refractivity contribution in [3.63, 3.8) is 0 Å². The summed E-state index contributed by atoms with van der Waals surface area (Å²) in [6.45, 7) is 4.36. The van der Waals surface area contributed by atoms with E-state index in [0.717, 1.165) is 40.0 Å². The Morgan fingerprint density at radius 2 is 1.83 bits per heavy atom. The van der Waals surface area contributed by atoms with Crippen molar-refractivity contribution in [1.82, 2.24) is 9.99 Å². The Labute approximate surface area is 213 Å². The molecule has 0 unspecified atom stereocenters. The molecule has 36 heavy (non-hydrogen) atoms. The third-order valence-corrected chi connectivity index (χ3v) is 5.85. The van der Waals surface area contributed by atoms with Crippen LogP contribution in [0.4, 0.5) is 4.39 Å². The van der Waals surface area contributed by atoms with E-state index in [1.165, 1.54) is 18.3 Å². The number of hydrazone groups is 1. The Bertz CT molecular complexity index is 1470. The van der Waals surface area contributed by atoms with Gasteiger partial charge in [0.1, 0.15) is 18.2 Å². The summed E-state index contributed by atoms with van der Waals surface area (Å²) in [6, 6.07) is 22.7. The zero-order chi connectivity index (χ0) is 25.7. The molecule has 180 valence electrons. The van der Waals surface area contributed by atoms with Crippen molar-refractivity contribution in [2.45, 2.75) is 20.5 Å².